The summed E-state index contributed by atoms with van der Waals surface area (Å²) in [5, 5.41) is 12.9. The van der Waals surface area contributed by atoms with Crippen LogP contribution < -0.4 is 14.8 Å². The average Bonchev–Trinajstić information content (AvgIpc) is 2.90. The van der Waals surface area contributed by atoms with Gasteiger partial charge < -0.3 is 14.7 Å². The zero-order chi connectivity index (χ0) is 25.7. The van der Waals surface area contributed by atoms with Crippen molar-refractivity contribution >= 4 is 39.2 Å². The van der Waals surface area contributed by atoms with Crippen molar-refractivity contribution in [2.45, 2.75) is 40.2 Å². The minimum absolute atomic E-state index is 0.498. The van der Waals surface area contributed by atoms with Crippen LogP contribution in [0.1, 0.15) is 39.2 Å². The maximum absolute atomic E-state index is 11.0. The third kappa shape index (κ3) is 5.42. The van der Waals surface area contributed by atoms with Crippen LogP contribution in [0.15, 0.2) is 53.5 Å². The highest BCUT2D eigenvalue weighted by Crippen LogP contribution is 2.27. The normalized spacial score (nSPS) is 12.1. The Morgan fingerprint density at radius 3 is 2.56 bits per heavy atom. The Morgan fingerprint density at radius 2 is 1.83 bits per heavy atom. The molecule has 7 nitrogen and oxygen atoms in total. The summed E-state index contributed by atoms with van der Waals surface area (Å²) in [6.45, 7) is 9.63. The molecule has 0 atom stereocenters. The van der Waals surface area contributed by atoms with Gasteiger partial charge in [0.1, 0.15) is 22.1 Å². The molecule has 2 aromatic carbocycles. The van der Waals surface area contributed by atoms with Gasteiger partial charge in [0, 0.05) is 28.6 Å². The van der Waals surface area contributed by atoms with Crippen molar-refractivity contribution in [1.82, 2.24) is 14.6 Å². The van der Waals surface area contributed by atoms with E-state index in [1.54, 1.807) is 31.4 Å². The Labute approximate surface area is 216 Å². The van der Waals surface area contributed by atoms with Gasteiger partial charge in [0.15, 0.2) is 0 Å². The monoisotopic (exact) mass is 508 g/mol. The molecule has 8 heteroatoms. The van der Waals surface area contributed by atoms with Gasteiger partial charge in [0.25, 0.3) is 0 Å². The van der Waals surface area contributed by atoms with E-state index in [1.807, 2.05) is 24.3 Å². The van der Waals surface area contributed by atoms with E-state index in [9.17, 15) is 5.21 Å². The Kier molecular flexibility index (Phi) is 8.33. The van der Waals surface area contributed by atoms with E-state index in [0.29, 0.717) is 39.4 Å². The molecule has 0 spiro atoms. The van der Waals surface area contributed by atoms with Gasteiger partial charge >= 0.3 is 0 Å². The number of hydrogen-bond donors (Lipinski definition) is 1. The average molecular weight is 509 g/mol. The number of halogens is 1. The van der Waals surface area contributed by atoms with E-state index in [-0.39, 0.29) is 0 Å². The van der Waals surface area contributed by atoms with Crippen molar-refractivity contribution in [3.8, 4) is 11.6 Å². The zero-order valence-electron chi connectivity index (χ0n) is 21.3. The number of hydrogen-bond acceptors (Lipinski definition) is 6. The van der Waals surface area contributed by atoms with Crippen molar-refractivity contribution in [1.29, 1.82) is 0 Å². The van der Waals surface area contributed by atoms with E-state index in [4.69, 9.17) is 31.1 Å². The molecule has 0 unspecified atom stereocenters. The first-order chi connectivity index (χ1) is 17.5. The van der Waals surface area contributed by atoms with Crippen LogP contribution in [0, 0.1) is 0 Å². The molecule has 0 bridgehead atoms. The van der Waals surface area contributed by atoms with E-state index in [0.717, 1.165) is 59.6 Å². The maximum atomic E-state index is 11.0. The number of rotatable bonds is 10. The standard InChI is InChI=1S/C28H33ClN4O3/c1-5-8-15-36-26-14-12-23-28(31-26)27(22-11-9-20(29)17-24(22)33(23)34)30-21-10-13-25(35-4)19(16-21)18-32(6-2)7-3/h9-14,16-17,34H,5-8,15,18H2,1-4H3. The van der Waals surface area contributed by atoms with Crippen molar-refractivity contribution in [3.63, 3.8) is 0 Å². The van der Waals surface area contributed by atoms with Crippen LogP contribution in [0.3, 0.4) is 0 Å². The van der Waals surface area contributed by atoms with E-state index < -0.39 is 0 Å². The molecule has 0 fully saturated rings. The molecular weight excluding hydrogens is 476 g/mol. The Bertz CT molecular complexity index is 1430. The van der Waals surface area contributed by atoms with Gasteiger partial charge in [-0.2, -0.15) is 4.73 Å². The van der Waals surface area contributed by atoms with Crippen LogP contribution >= 0.6 is 11.6 Å². The lowest BCUT2D eigenvalue weighted by Crippen LogP contribution is -2.22. The van der Waals surface area contributed by atoms with E-state index in [2.05, 4.69) is 25.7 Å². The molecular formula is C28H33ClN4O3. The smallest absolute Gasteiger partial charge is 0.213 e. The number of ether oxygens (including phenoxy) is 2. The SMILES string of the molecule is CCCCOc1ccc2c(n1)c(=Nc1ccc(OC)c(CN(CC)CC)c1)c1ccc(Cl)cc1n2O. The van der Waals surface area contributed by atoms with E-state index in [1.165, 1.54) is 0 Å². The second-order valence-corrected chi connectivity index (χ2v) is 9.05. The molecule has 4 rings (SSSR count). The number of aromatic nitrogens is 2. The summed E-state index contributed by atoms with van der Waals surface area (Å²) < 4.78 is 12.6. The molecule has 1 N–H and O–H groups in total. The van der Waals surface area contributed by atoms with Gasteiger partial charge in [-0.3, -0.25) is 4.90 Å². The van der Waals surface area contributed by atoms with Gasteiger partial charge in [-0.15, -0.1) is 0 Å². The lowest BCUT2D eigenvalue weighted by Gasteiger charge is -2.20. The predicted octanol–water partition coefficient (Wildman–Crippen LogP) is 6.34. The molecule has 2 aromatic heterocycles. The molecule has 0 aliphatic carbocycles. The van der Waals surface area contributed by atoms with Crippen LogP contribution in [-0.2, 0) is 6.54 Å². The quantitative estimate of drug-likeness (QED) is 0.154. The van der Waals surface area contributed by atoms with Gasteiger partial charge in [-0.1, -0.05) is 38.8 Å². The van der Waals surface area contributed by atoms with Crippen molar-refractivity contribution in [2.24, 2.45) is 4.99 Å². The molecule has 0 aliphatic heterocycles. The number of nitrogens with zero attached hydrogens (tertiary/aromatic N) is 4. The fraction of sp³-hybridized carbons (Fsp3) is 0.357. The van der Waals surface area contributed by atoms with Crippen molar-refractivity contribution in [2.75, 3.05) is 26.8 Å². The summed E-state index contributed by atoms with van der Waals surface area (Å²) in [6, 6.07) is 14.8. The molecule has 4 aromatic rings. The molecule has 2 heterocycles. The van der Waals surface area contributed by atoms with Crippen molar-refractivity contribution < 1.29 is 14.7 Å². The third-order valence-electron chi connectivity index (χ3n) is 6.29. The topological polar surface area (TPSA) is 72.1 Å². The van der Waals surface area contributed by atoms with Crippen LogP contribution in [0.25, 0.3) is 21.9 Å². The molecule has 36 heavy (non-hydrogen) atoms. The molecule has 190 valence electrons. The summed E-state index contributed by atoms with van der Waals surface area (Å²) in [7, 11) is 1.68. The highest BCUT2D eigenvalue weighted by molar-refractivity contribution is 6.31. The minimum Gasteiger partial charge on any atom is -0.496 e. The summed E-state index contributed by atoms with van der Waals surface area (Å²) in [6.07, 6.45) is 1.97. The molecule has 0 saturated carbocycles. The Morgan fingerprint density at radius 1 is 1.03 bits per heavy atom. The summed E-state index contributed by atoms with van der Waals surface area (Å²) in [5.41, 5.74) is 3.44. The number of pyridine rings is 2. The maximum Gasteiger partial charge on any atom is 0.213 e. The lowest BCUT2D eigenvalue weighted by molar-refractivity contribution is 0.211. The number of fused-ring (bicyclic) bond motifs is 2. The van der Waals surface area contributed by atoms with Gasteiger partial charge in [0.2, 0.25) is 5.88 Å². The van der Waals surface area contributed by atoms with Crippen LogP contribution in [0.4, 0.5) is 5.69 Å². The molecule has 0 saturated heterocycles. The highest BCUT2D eigenvalue weighted by atomic mass is 35.5. The number of benzene rings is 2. The highest BCUT2D eigenvalue weighted by Gasteiger charge is 2.14. The lowest BCUT2D eigenvalue weighted by atomic mass is 10.1. The predicted molar refractivity (Wildman–Crippen MR) is 145 cm³/mol. The number of methoxy groups -OCH3 is 1. The van der Waals surface area contributed by atoms with Gasteiger partial charge in [0.05, 0.1) is 24.9 Å². The van der Waals surface area contributed by atoms with Crippen LogP contribution in [0.2, 0.25) is 5.02 Å². The van der Waals surface area contributed by atoms with E-state index >= 15 is 0 Å². The first kappa shape index (κ1) is 25.8. The van der Waals surface area contributed by atoms with Crippen LogP contribution in [-0.4, -0.2) is 46.6 Å². The van der Waals surface area contributed by atoms with Crippen molar-refractivity contribution in [3.05, 3.63) is 64.5 Å². The first-order valence-corrected chi connectivity index (χ1v) is 12.8. The van der Waals surface area contributed by atoms with Gasteiger partial charge in [-0.05, 0) is 62.0 Å². The zero-order valence-corrected chi connectivity index (χ0v) is 22.0. The fourth-order valence-corrected chi connectivity index (χ4v) is 4.37. The summed E-state index contributed by atoms with van der Waals surface area (Å²) in [5.74, 6) is 1.33. The summed E-state index contributed by atoms with van der Waals surface area (Å²) >= 11 is 6.27. The molecule has 0 radical (unpaired) electrons. The first-order valence-electron chi connectivity index (χ1n) is 12.4. The number of unbranched alkanes of at least 4 members (excludes halogenated alkanes) is 1. The Hall–Kier alpha value is -3.29. The second-order valence-electron chi connectivity index (χ2n) is 8.61. The fourth-order valence-electron chi connectivity index (χ4n) is 4.21. The van der Waals surface area contributed by atoms with Gasteiger partial charge in [-0.25, -0.2) is 9.98 Å². The molecule has 0 aliphatic rings. The minimum atomic E-state index is 0.498. The van der Waals surface area contributed by atoms with Crippen LogP contribution in [0.5, 0.6) is 11.6 Å². The molecule has 0 amide bonds. The largest absolute Gasteiger partial charge is 0.496 e. The Balaban J connectivity index is 1.96. The third-order valence-corrected chi connectivity index (χ3v) is 6.52. The summed E-state index contributed by atoms with van der Waals surface area (Å²) in [4.78, 5) is 12.1. The second kappa shape index (κ2) is 11.6.